The first-order valence-corrected chi connectivity index (χ1v) is 5.08. The van der Waals surface area contributed by atoms with Crippen molar-refractivity contribution < 1.29 is 14.3 Å². The maximum Gasteiger partial charge on any atom is 0.354 e. The lowest BCUT2D eigenvalue weighted by Gasteiger charge is -2.08. The molecule has 0 radical (unpaired) electrons. The molecule has 6 heteroatoms. The van der Waals surface area contributed by atoms with Crippen LogP contribution in [0.15, 0.2) is 36.4 Å². The van der Waals surface area contributed by atoms with E-state index in [1.165, 1.54) is 30.3 Å². The molecule has 2 rings (SSSR count). The van der Waals surface area contributed by atoms with Crippen LogP contribution in [-0.2, 0) is 0 Å². The van der Waals surface area contributed by atoms with Crippen molar-refractivity contribution >= 4 is 23.2 Å². The molecular formula is C12H10FN3O2. The molecule has 1 aromatic heterocycles. The molecule has 0 saturated heterocycles. The van der Waals surface area contributed by atoms with Crippen molar-refractivity contribution in [2.75, 3.05) is 11.1 Å². The minimum absolute atomic E-state index is 0.136. The van der Waals surface area contributed by atoms with Gasteiger partial charge in [-0.2, -0.15) is 0 Å². The van der Waals surface area contributed by atoms with Crippen LogP contribution in [0.1, 0.15) is 10.5 Å². The average molecular weight is 247 g/mol. The van der Waals surface area contributed by atoms with E-state index in [2.05, 4.69) is 10.3 Å². The smallest absolute Gasteiger partial charge is 0.354 e. The maximum atomic E-state index is 13.0. The molecule has 1 aromatic carbocycles. The first-order chi connectivity index (χ1) is 8.56. The molecule has 4 N–H and O–H groups in total. The lowest BCUT2D eigenvalue weighted by atomic mass is 10.3. The molecule has 0 spiro atoms. The van der Waals surface area contributed by atoms with Crippen molar-refractivity contribution in [1.82, 2.24) is 4.98 Å². The Labute approximate surface area is 102 Å². The molecule has 0 saturated carbocycles. The third-order valence-corrected chi connectivity index (χ3v) is 2.23. The van der Waals surface area contributed by atoms with E-state index in [4.69, 9.17) is 10.8 Å². The molecule has 1 heterocycles. The van der Waals surface area contributed by atoms with Gasteiger partial charge in [0.2, 0.25) is 0 Å². The van der Waals surface area contributed by atoms with Gasteiger partial charge in [-0.1, -0.05) is 6.07 Å². The zero-order valence-corrected chi connectivity index (χ0v) is 9.22. The number of rotatable bonds is 3. The van der Waals surface area contributed by atoms with Crippen LogP contribution >= 0.6 is 0 Å². The SMILES string of the molecule is Nc1ccc(C(=O)O)nc1Nc1cccc(F)c1. The van der Waals surface area contributed by atoms with Gasteiger partial charge in [0.15, 0.2) is 11.5 Å². The number of aromatic nitrogens is 1. The number of pyridine rings is 1. The van der Waals surface area contributed by atoms with E-state index in [1.807, 2.05) is 0 Å². The molecule has 0 unspecified atom stereocenters. The van der Waals surface area contributed by atoms with E-state index in [0.717, 1.165) is 0 Å². The third kappa shape index (κ3) is 2.54. The number of nitrogens with zero attached hydrogens (tertiary/aromatic N) is 1. The van der Waals surface area contributed by atoms with Crippen molar-refractivity contribution in [3.63, 3.8) is 0 Å². The molecule has 0 amide bonds. The van der Waals surface area contributed by atoms with Gasteiger partial charge in [-0.05, 0) is 30.3 Å². The number of nitrogens with two attached hydrogens (primary N) is 1. The third-order valence-electron chi connectivity index (χ3n) is 2.23. The Morgan fingerprint density at radius 3 is 2.78 bits per heavy atom. The number of nitrogen functional groups attached to an aromatic ring is 1. The van der Waals surface area contributed by atoms with Gasteiger partial charge in [0.25, 0.3) is 0 Å². The summed E-state index contributed by atoms with van der Waals surface area (Å²) in [4.78, 5) is 14.6. The predicted molar refractivity (Wildman–Crippen MR) is 65.3 cm³/mol. The number of hydrogen-bond acceptors (Lipinski definition) is 4. The van der Waals surface area contributed by atoms with Crippen molar-refractivity contribution in [2.24, 2.45) is 0 Å². The number of halogens is 1. The van der Waals surface area contributed by atoms with Gasteiger partial charge in [-0.15, -0.1) is 0 Å². The Hall–Kier alpha value is -2.63. The minimum atomic E-state index is -1.16. The first-order valence-electron chi connectivity index (χ1n) is 5.08. The van der Waals surface area contributed by atoms with E-state index in [9.17, 15) is 9.18 Å². The van der Waals surface area contributed by atoms with Crippen LogP contribution in [-0.4, -0.2) is 16.1 Å². The first kappa shape index (κ1) is 11.8. The lowest BCUT2D eigenvalue weighted by Crippen LogP contribution is -2.05. The summed E-state index contributed by atoms with van der Waals surface area (Å²) in [5, 5.41) is 11.6. The second-order valence-corrected chi connectivity index (χ2v) is 3.57. The fourth-order valence-electron chi connectivity index (χ4n) is 1.39. The van der Waals surface area contributed by atoms with Crippen molar-refractivity contribution in [1.29, 1.82) is 0 Å². The number of aromatic carboxylic acids is 1. The van der Waals surface area contributed by atoms with Crippen LogP contribution < -0.4 is 11.1 Å². The minimum Gasteiger partial charge on any atom is -0.477 e. The molecule has 5 nitrogen and oxygen atoms in total. The molecule has 0 aliphatic rings. The molecule has 0 atom stereocenters. The highest BCUT2D eigenvalue weighted by atomic mass is 19.1. The summed E-state index contributed by atoms with van der Waals surface area (Å²) in [6.45, 7) is 0. The van der Waals surface area contributed by atoms with Crippen LogP contribution in [0.3, 0.4) is 0 Å². The fourth-order valence-corrected chi connectivity index (χ4v) is 1.39. The number of hydrogen-bond donors (Lipinski definition) is 3. The van der Waals surface area contributed by atoms with Gasteiger partial charge in [-0.25, -0.2) is 14.2 Å². The normalized spacial score (nSPS) is 10.1. The van der Waals surface area contributed by atoms with Crippen molar-refractivity contribution in [3.8, 4) is 0 Å². The predicted octanol–water partition coefficient (Wildman–Crippen LogP) is 2.24. The van der Waals surface area contributed by atoms with E-state index in [1.54, 1.807) is 6.07 Å². The molecule has 92 valence electrons. The fraction of sp³-hybridized carbons (Fsp3) is 0. The largest absolute Gasteiger partial charge is 0.477 e. The maximum absolute atomic E-state index is 13.0. The summed E-state index contributed by atoms with van der Waals surface area (Å²) in [6.07, 6.45) is 0. The Kier molecular flexibility index (Phi) is 3.09. The van der Waals surface area contributed by atoms with Crippen LogP contribution in [0.25, 0.3) is 0 Å². The van der Waals surface area contributed by atoms with E-state index in [0.29, 0.717) is 5.69 Å². The van der Waals surface area contributed by atoms with Crippen molar-refractivity contribution in [3.05, 3.63) is 47.9 Å². The number of nitrogens with one attached hydrogen (secondary N) is 1. The van der Waals surface area contributed by atoms with Crippen molar-refractivity contribution in [2.45, 2.75) is 0 Å². The molecule has 0 bridgehead atoms. The topological polar surface area (TPSA) is 88.2 Å². The number of carbonyl (C=O) groups is 1. The summed E-state index contributed by atoms with van der Waals surface area (Å²) in [6, 6.07) is 8.43. The number of benzene rings is 1. The average Bonchev–Trinajstić information content (AvgIpc) is 2.31. The molecule has 0 fully saturated rings. The summed E-state index contributed by atoms with van der Waals surface area (Å²) in [7, 11) is 0. The Morgan fingerprint density at radius 2 is 2.11 bits per heavy atom. The quantitative estimate of drug-likeness (QED) is 0.774. The number of anilines is 3. The van der Waals surface area contributed by atoms with Gasteiger partial charge < -0.3 is 16.2 Å². The summed E-state index contributed by atoms with van der Waals surface area (Å²) in [5.41, 5.74) is 6.25. The monoisotopic (exact) mass is 247 g/mol. The van der Waals surface area contributed by atoms with Crippen LogP contribution in [0.4, 0.5) is 21.6 Å². The van der Waals surface area contributed by atoms with Crippen LogP contribution in [0.2, 0.25) is 0 Å². The molecule has 0 aliphatic carbocycles. The van der Waals surface area contributed by atoms with Crippen LogP contribution in [0, 0.1) is 5.82 Å². The van der Waals surface area contributed by atoms with Gasteiger partial charge in [0.05, 0.1) is 5.69 Å². The standard InChI is InChI=1S/C12H10FN3O2/c13-7-2-1-3-8(6-7)15-11-9(14)4-5-10(16-11)12(17)18/h1-6H,14H2,(H,15,16)(H,17,18). The Bertz CT molecular complexity index is 602. The van der Waals surface area contributed by atoms with Gasteiger partial charge in [-0.3, -0.25) is 0 Å². The highest BCUT2D eigenvalue weighted by molar-refractivity contribution is 5.87. The van der Waals surface area contributed by atoms with Crippen LogP contribution in [0.5, 0.6) is 0 Å². The Balaban J connectivity index is 2.33. The molecule has 18 heavy (non-hydrogen) atoms. The highest BCUT2D eigenvalue weighted by Gasteiger charge is 2.08. The lowest BCUT2D eigenvalue weighted by molar-refractivity contribution is 0.0690. The zero-order valence-electron chi connectivity index (χ0n) is 9.22. The van der Waals surface area contributed by atoms with E-state index in [-0.39, 0.29) is 17.2 Å². The second kappa shape index (κ2) is 4.70. The zero-order chi connectivity index (χ0) is 13.1. The van der Waals surface area contributed by atoms with Gasteiger partial charge in [0, 0.05) is 5.69 Å². The number of carboxylic acid groups (broad SMARTS) is 1. The molecular weight excluding hydrogens is 237 g/mol. The highest BCUT2D eigenvalue weighted by Crippen LogP contribution is 2.21. The van der Waals surface area contributed by atoms with E-state index >= 15 is 0 Å². The summed E-state index contributed by atoms with van der Waals surface area (Å²) >= 11 is 0. The number of carboxylic acids is 1. The second-order valence-electron chi connectivity index (χ2n) is 3.57. The van der Waals surface area contributed by atoms with Gasteiger partial charge >= 0.3 is 5.97 Å². The summed E-state index contributed by atoms with van der Waals surface area (Å²) in [5.74, 6) is -1.38. The molecule has 0 aliphatic heterocycles. The Morgan fingerprint density at radius 1 is 1.33 bits per heavy atom. The summed E-state index contributed by atoms with van der Waals surface area (Å²) < 4.78 is 13.0. The van der Waals surface area contributed by atoms with Gasteiger partial charge in [0.1, 0.15) is 5.82 Å². The molecule has 2 aromatic rings. The van der Waals surface area contributed by atoms with E-state index < -0.39 is 11.8 Å².